The van der Waals surface area contributed by atoms with Crippen LogP contribution in [0.25, 0.3) is 5.69 Å². The SMILES string of the molecule is Cc1cc(-n2c(O)c3c(c2O)CCCC3)c(C)c(Br)c1Oc1ccc([N+](=O)[O-])cc1Cl. The van der Waals surface area contributed by atoms with Crippen molar-refractivity contribution >= 4 is 33.2 Å². The van der Waals surface area contributed by atoms with E-state index in [2.05, 4.69) is 15.9 Å². The Hall–Kier alpha value is -2.71. The number of fused-ring (bicyclic) bond motifs is 1. The van der Waals surface area contributed by atoms with Gasteiger partial charge in [0.05, 0.1) is 20.1 Å². The first-order chi connectivity index (χ1) is 14.7. The summed E-state index contributed by atoms with van der Waals surface area (Å²) >= 11 is 9.75. The molecule has 0 saturated carbocycles. The minimum Gasteiger partial charge on any atom is -0.494 e. The van der Waals surface area contributed by atoms with E-state index in [4.69, 9.17) is 16.3 Å². The third-order valence-electron chi connectivity index (χ3n) is 5.63. The van der Waals surface area contributed by atoms with Gasteiger partial charge in [-0.15, -0.1) is 0 Å². The number of aryl methyl sites for hydroxylation is 1. The van der Waals surface area contributed by atoms with Crippen molar-refractivity contribution in [1.82, 2.24) is 4.57 Å². The third-order valence-corrected chi connectivity index (χ3v) is 6.88. The second-order valence-electron chi connectivity index (χ2n) is 7.60. The highest BCUT2D eigenvalue weighted by atomic mass is 79.9. The van der Waals surface area contributed by atoms with Crippen LogP contribution in [0.4, 0.5) is 5.69 Å². The molecule has 162 valence electrons. The Bertz CT molecular complexity index is 1190. The molecule has 31 heavy (non-hydrogen) atoms. The van der Waals surface area contributed by atoms with Crippen molar-refractivity contribution in [3.05, 3.63) is 66.1 Å². The Labute approximate surface area is 192 Å². The third kappa shape index (κ3) is 3.64. The van der Waals surface area contributed by atoms with Crippen LogP contribution in [0.2, 0.25) is 5.02 Å². The van der Waals surface area contributed by atoms with Crippen molar-refractivity contribution in [2.75, 3.05) is 0 Å². The predicted octanol–water partition coefficient (Wildman–Crippen LogP) is 6.50. The van der Waals surface area contributed by atoms with Gasteiger partial charge in [-0.3, -0.25) is 14.7 Å². The molecule has 2 N–H and O–H groups in total. The smallest absolute Gasteiger partial charge is 0.271 e. The van der Waals surface area contributed by atoms with Crippen LogP contribution in [-0.4, -0.2) is 19.7 Å². The zero-order chi connectivity index (χ0) is 22.4. The lowest BCUT2D eigenvalue weighted by molar-refractivity contribution is -0.384. The molecule has 7 nitrogen and oxygen atoms in total. The highest BCUT2D eigenvalue weighted by Gasteiger charge is 2.27. The average molecular weight is 508 g/mol. The van der Waals surface area contributed by atoms with Crippen molar-refractivity contribution < 1.29 is 19.9 Å². The van der Waals surface area contributed by atoms with Crippen molar-refractivity contribution in [2.45, 2.75) is 39.5 Å². The summed E-state index contributed by atoms with van der Waals surface area (Å²) in [6.45, 7) is 3.68. The molecule has 0 unspecified atom stereocenters. The van der Waals surface area contributed by atoms with Gasteiger partial charge in [0.15, 0.2) is 0 Å². The lowest BCUT2D eigenvalue weighted by Crippen LogP contribution is -2.01. The molecule has 0 amide bonds. The summed E-state index contributed by atoms with van der Waals surface area (Å²) in [7, 11) is 0. The summed E-state index contributed by atoms with van der Waals surface area (Å²) in [4.78, 5) is 10.4. The van der Waals surface area contributed by atoms with E-state index in [0.29, 0.717) is 15.9 Å². The van der Waals surface area contributed by atoms with Gasteiger partial charge in [0.1, 0.15) is 11.5 Å². The number of ether oxygens (including phenoxy) is 1. The fraction of sp³-hybridized carbons (Fsp3) is 0.273. The molecule has 0 radical (unpaired) electrons. The normalized spacial score (nSPS) is 13.2. The Kier molecular flexibility index (Phi) is 5.61. The largest absolute Gasteiger partial charge is 0.494 e. The Morgan fingerprint density at radius 1 is 1.13 bits per heavy atom. The molecule has 0 bridgehead atoms. The first kappa shape index (κ1) is 21.5. The summed E-state index contributed by atoms with van der Waals surface area (Å²) < 4.78 is 8.09. The number of non-ortho nitro benzene ring substituents is 1. The number of hydrogen-bond donors (Lipinski definition) is 2. The van der Waals surface area contributed by atoms with Crippen molar-refractivity contribution in [3.8, 4) is 28.9 Å². The standard InChI is InChI=1S/C22H20BrClN2O5/c1-11-9-17(25-21(27)14-5-3-4-6-15(14)22(25)28)12(2)19(23)20(11)31-18-8-7-13(26(29)30)10-16(18)24/h7-10,27-28H,3-6H2,1-2H3. The number of hydrogen-bond acceptors (Lipinski definition) is 5. The summed E-state index contributed by atoms with van der Waals surface area (Å²) in [6.07, 6.45) is 3.44. The van der Waals surface area contributed by atoms with Crippen LogP contribution in [0.1, 0.15) is 35.1 Å². The molecule has 0 aliphatic heterocycles. The Morgan fingerprint density at radius 3 is 2.29 bits per heavy atom. The van der Waals surface area contributed by atoms with Gasteiger partial charge in [-0.25, -0.2) is 0 Å². The maximum atomic E-state index is 10.9. The maximum Gasteiger partial charge on any atom is 0.271 e. The molecule has 1 heterocycles. The fourth-order valence-electron chi connectivity index (χ4n) is 3.99. The number of halogens is 2. The molecule has 1 aromatic heterocycles. The van der Waals surface area contributed by atoms with Crippen LogP contribution < -0.4 is 4.74 Å². The molecule has 0 fully saturated rings. The number of aromatic nitrogens is 1. The monoisotopic (exact) mass is 506 g/mol. The Morgan fingerprint density at radius 2 is 1.74 bits per heavy atom. The minimum absolute atomic E-state index is 0.0636. The van der Waals surface area contributed by atoms with E-state index < -0.39 is 4.92 Å². The van der Waals surface area contributed by atoms with E-state index in [1.54, 1.807) is 0 Å². The van der Waals surface area contributed by atoms with Gasteiger partial charge in [-0.1, -0.05) is 11.6 Å². The molecule has 0 spiro atoms. The highest BCUT2D eigenvalue weighted by molar-refractivity contribution is 9.10. The molecule has 9 heteroatoms. The Balaban J connectivity index is 1.78. The zero-order valence-corrected chi connectivity index (χ0v) is 19.2. The van der Waals surface area contributed by atoms with Gasteiger partial charge in [-0.2, -0.15) is 0 Å². The number of nitrogens with zero attached hydrogens (tertiary/aromatic N) is 2. The van der Waals surface area contributed by atoms with Crippen LogP contribution >= 0.6 is 27.5 Å². The summed E-state index contributed by atoms with van der Waals surface area (Å²) in [5.74, 6) is 0.903. The number of aromatic hydroxyl groups is 2. The number of rotatable bonds is 4. The van der Waals surface area contributed by atoms with Crippen LogP contribution in [0.3, 0.4) is 0 Å². The van der Waals surface area contributed by atoms with Crippen LogP contribution in [0, 0.1) is 24.0 Å². The quantitative estimate of drug-likeness (QED) is 0.310. The first-order valence-corrected chi connectivity index (χ1v) is 10.9. The van der Waals surface area contributed by atoms with Crippen molar-refractivity contribution in [2.24, 2.45) is 0 Å². The van der Waals surface area contributed by atoms with Crippen LogP contribution in [0.15, 0.2) is 28.7 Å². The average Bonchev–Trinajstić information content (AvgIpc) is 2.99. The maximum absolute atomic E-state index is 10.9. The molecule has 1 aliphatic rings. The van der Waals surface area contributed by atoms with Crippen LogP contribution in [0.5, 0.6) is 23.3 Å². The minimum atomic E-state index is -0.522. The number of benzene rings is 2. The van der Waals surface area contributed by atoms with Crippen molar-refractivity contribution in [1.29, 1.82) is 0 Å². The van der Waals surface area contributed by atoms with E-state index >= 15 is 0 Å². The van der Waals surface area contributed by atoms with E-state index in [1.807, 2.05) is 19.9 Å². The zero-order valence-electron chi connectivity index (χ0n) is 16.9. The van der Waals surface area contributed by atoms with Gasteiger partial charge in [0.25, 0.3) is 5.69 Å². The second kappa shape index (κ2) is 8.09. The van der Waals surface area contributed by atoms with Gasteiger partial charge < -0.3 is 14.9 Å². The van der Waals surface area contributed by atoms with Gasteiger partial charge in [0, 0.05) is 23.3 Å². The molecular weight excluding hydrogens is 488 g/mol. The van der Waals surface area contributed by atoms with E-state index in [-0.39, 0.29) is 28.2 Å². The van der Waals surface area contributed by atoms with Gasteiger partial charge in [0.2, 0.25) is 11.8 Å². The van der Waals surface area contributed by atoms with Gasteiger partial charge >= 0.3 is 0 Å². The molecule has 0 atom stereocenters. The summed E-state index contributed by atoms with van der Waals surface area (Å²) in [5.41, 5.74) is 3.59. The molecule has 4 rings (SSSR count). The van der Waals surface area contributed by atoms with E-state index in [9.17, 15) is 20.3 Å². The molecule has 0 saturated heterocycles. The summed E-state index contributed by atoms with van der Waals surface area (Å²) in [5, 5.41) is 32.7. The van der Waals surface area contributed by atoms with E-state index in [1.165, 1.54) is 22.8 Å². The van der Waals surface area contributed by atoms with Crippen molar-refractivity contribution in [3.63, 3.8) is 0 Å². The number of nitro groups is 1. The lowest BCUT2D eigenvalue weighted by Gasteiger charge is -2.18. The first-order valence-electron chi connectivity index (χ1n) is 9.77. The predicted molar refractivity (Wildman–Crippen MR) is 121 cm³/mol. The summed E-state index contributed by atoms with van der Waals surface area (Å²) in [6, 6.07) is 5.83. The topological polar surface area (TPSA) is 97.8 Å². The molecule has 1 aliphatic carbocycles. The molecular formula is C22H20BrClN2O5. The fourth-order valence-corrected chi connectivity index (χ4v) is 4.80. The second-order valence-corrected chi connectivity index (χ2v) is 8.80. The molecule has 3 aromatic rings. The van der Waals surface area contributed by atoms with Crippen LogP contribution in [-0.2, 0) is 12.8 Å². The number of nitro benzene ring substituents is 1. The van der Waals surface area contributed by atoms with Gasteiger partial charge in [-0.05, 0) is 78.7 Å². The lowest BCUT2D eigenvalue weighted by atomic mass is 9.95. The molecule has 2 aromatic carbocycles. The van der Waals surface area contributed by atoms with E-state index in [0.717, 1.165) is 47.9 Å². The highest BCUT2D eigenvalue weighted by Crippen LogP contribution is 2.45.